The third-order valence-corrected chi connectivity index (χ3v) is 5.28. The van der Waals surface area contributed by atoms with Gasteiger partial charge in [-0.15, -0.1) is 0 Å². The van der Waals surface area contributed by atoms with Gasteiger partial charge in [0, 0.05) is 36.4 Å². The van der Waals surface area contributed by atoms with Crippen LogP contribution in [0.3, 0.4) is 0 Å². The smallest absolute Gasteiger partial charge is 0.150 e. The van der Waals surface area contributed by atoms with Crippen molar-refractivity contribution in [3.63, 3.8) is 0 Å². The normalized spacial score (nSPS) is 10.9. The number of benzene rings is 2. The summed E-state index contributed by atoms with van der Waals surface area (Å²) in [6.07, 6.45) is 7.36. The Morgan fingerprint density at radius 3 is 2.53 bits per heavy atom. The van der Waals surface area contributed by atoms with Gasteiger partial charge in [0.25, 0.3) is 0 Å². The molecule has 6 heteroatoms. The third-order valence-electron chi connectivity index (χ3n) is 5.28. The van der Waals surface area contributed by atoms with E-state index in [1.807, 2.05) is 67.7 Å². The van der Waals surface area contributed by atoms with E-state index in [0.29, 0.717) is 13.2 Å². The van der Waals surface area contributed by atoms with Gasteiger partial charge in [-0.2, -0.15) is 0 Å². The fourth-order valence-electron chi connectivity index (χ4n) is 3.79. The van der Waals surface area contributed by atoms with Crippen molar-refractivity contribution in [2.45, 2.75) is 13.5 Å². The number of hydrogen-bond acceptors (Lipinski definition) is 5. The van der Waals surface area contributed by atoms with Gasteiger partial charge in [0.15, 0.2) is 5.65 Å². The van der Waals surface area contributed by atoms with Crippen LogP contribution in [0.15, 0.2) is 91.6 Å². The monoisotopic (exact) mass is 421 g/mol. The van der Waals surface area contributed by atoms with Crippen LogP contribution in [0.4, 0.5) is 5.82 Å². The van der Waals surface area contributed by atoms with Crippen molar-refractivity contribution >= 4 is 16.9 Å². The van der Waals surface area contributed by atoms with E-state index in [9.17, 15) is 0 Å². The number of aromatic nitrogens is 4. The summed E-state index contributed by atoms with van der Waals surface area (Å²) in [4.78, 5) is 13.4. The third kappa shape index (κ3) is 3.90. The second-order valence-electron chi connectivity index (χ2n) is 7.34. The molecule has 0 amide bonds. The molecule has 3 heterocycles. The van der Waals surface area contributed by atoms with Crippen molar-refractivity contribution in [1.82, 2.24) is 19.5 Å². The molecule has 6 nitrogen and oxygen atoms in total. The molecule has 5 aromatic rings. The Labute approximate surface area is 186 Å². The van der Waals surface area contributed by atoms with E-state index >= 15 is 0 Å². The summed E-state index contributed by atoms with van der Waals surface area (Å²) in [7, 11) is 0. The van der Waals surface area contributed by atoms with Gasteiger partial charge in [-0.1, -0.05) is 36.4 Å². The van der Waals surface area contributed by atoms with Gasteiger partial charge in [0.2, 0.25) is 0 Å². The number of fused-ring (bicyclic) bond motifs is 1. The molecule has 0 radical (unpaired) electrons. The predicted molar refractivity (Wildman–Crippen MR) is 127 cm³/mol. The van der Waals surface area contributed by atoms with Crippen molar-refractivity contribution in [1.29, 1.82) is 0 Å². The first-order valence-electron chi connectivity index (χ1n) is 10.6. The maximum absolute atomic E-state index is 5.60. The summed E-state index contributed by atoms with van der Waals surface area (Å²) in [6.45, 7) is 3.25. The zero-order valence-corrected chi connectivity index (χ0v) is 17.8. The number of ether oxygens (including phenoxy) is 1. The van der Waals surface area contributed by atoms with Crippen LogP contribution < -0.4 is 10.1 Å². The fraction of sp³-hybridized carbons (Fsp3) is 0.115. The SMILES string of the molecule is CCOc1ccc(-n2cc(-c3ccccc3)c3c(NCc4cccnc4)ncnc32)cc1. The summed E-state index contributed by atoms with van der Waals surface area (Å²) in [6, 6.07) is 22.4. The van der Waals surface area contributed by atoms with Crippen molar-refractivity contribution in [3.05, 3.63) is 97.2 Å². The first-order chi connectivity index (χ1) is 15.8. The molecule has 0 bridgehead atoms. The average molecular weight is 422 g/mol. The van der Waals surface area contributed by atoms with Gasteiger partial charge in [-0.25, -0.2) is 9.97 Å². The molecule has 5 rings (SSSR count). The highest BCUT2D eigenvalue weighted by Gasteiger charge is 2.17. The van der Waals surface area contributed by atoms with E-state index in [1.54, 1.807) is 12.5 Å². The molecule has 32 heavy (non-hydrogen) atoms. The molecule has 0 saturated heterocycles. The van der Waals surface area contributed by atoms with E-state index in [1.165, 1.54) is 0 Å². The molecule has 0 aliphatic heterocycles. The first kappa shape index (κ1) is 19.8. The standard InChI is InChI=1S/C26H23N5O/c1-2-32-22-12-10-21(11-13-22)31-17-23(20-8-4-3-5-9-20)24-25(29-18-30-26(24)31)28-16-19-7-6-14-27-15-19/h3-15,17-18H,2,16H2,1H3,(H,28,29,30). The summed E-state index contributed by atoms with van der Waals surface area (Å²) in [5.41, 5.74) is 5.13. The molecule has 0 saturated carbocycles. The van der Waals surface area contributed by atoms with Crippen LogP contribution in [0.1, 0.15) is 12.5 Å². The lowest BCUT2D eigenvalue weighted by molar-refractivity contribution is 0.340. The van der Waals surface area contributed by atoms with Crippen LogP contribution in [0.2, 0.25) is 0 Å². The Morgan fingerprint density at radius 1 is 0.938 bits per heavy atom. The van der Waals surface area contributed by atoms with Crippen LogP contribution in [0.5, 0.6) is 5.75 Å². The number of nitrogens with zero attached hydrogens (tertiary/aromatic N) is 4. The molecular formula is C26H23N5O. The lowest BCUT2D eigenvalue weighted by atomic mass is 10.1. The van der Waals surface area contributed by atoms with Gasteiger partial charge >= 0.3 is 0 Å². The van der Waals surface area contributed by atoms with Gasteiger partial charge in [0.1, 0.15) is 17.9 Å². The van der Waals surface area contributed by atoms with Gasteiger partial charge in [0.05, 0.1) is 12.0 Å². The Balaban J connectivity index is 1.62. The maximum atomic E-state index is 5.60. The molecule has 3 aromatic heterocycles. The quantitative estimate of drug-likeness (QED) is 0.376. The molecule has 1 N–H and O–H groups in total. The Kier molecular flexibility index (Phi) is 5.49. The van der Waals surface area contributed by atoms with Gasteiger partial charge < -0.3 is 14.6 Å². The number of anilines is 1. The maximum Gasteiger partial charge on any atom is 0.150 e. The molecular weight excluding hydrogens is 398 g/mol. The van der Waals surface area contributed by atoms with E-state index in [2.05, 4.69) is 43.2 Å². The van der Waals surface area contributed by atoms with Crippen LogP contribution in [-0.4, -0.2) is 26.1 Å². The van der Waals surface area contributed by atoms with Crippen LogP contribution >= 0.6 is 0 Å². The molecule has 0 atom stereocenters. The zero-order chi connectivity index (χ0) is 21.8. The molecule has 0 unspecified atom stereocenters. The minimum absolute atomic E-state index is 0.627. The summed E-state index contributed by atoms with van der Waals surface area (Å²) < 4.78 is 7.70. The fourth-order valence-corrected chi connectivity index (χ4v) is 3.79. The second kappa shape index (κ2) is 8.89. The Morgan fingerprint density at radius 2 is 1.78 bits per heavy atom. The van der Waals surface area contributed by atoms with Crippen molar-refractivity contribution in [2.75, 3.05) is 11.9 Å². The molecule has 0 aliphatic rings. The predicted octanol–water partition coefficient (Wildman–Crippen LogP) is 5.49. The van der Waals surface area contributed by atoms with Gasteiger partial charge in [-0.05, 0) is 48.4 Å². The highest BCUT2D eigenvalue weighted by Crippen LogP contribution is 2.35. The Bertz CT molecular complexity index is 1320. The zero-order valence-electron chi connectivity index (χ0n) is 17.8. The molecule has 0 aliphatic carbocycles. The van der Waals surface area contributed by atoms with E-state index in [4.69, 9.17) is 4.74 Å². The molecule has 158 valence electrons. The molecule has 0 fully saturated rings. The van der Waals surface area contributed by atoms with Crippen molar-refractivity contribution < 1.29 is 4.74 Å². The largest absolute Gasteiger partial charge is 0.494 e. The number of rotatable bonds is 7. The number of pyridine rings is 1. The average Bonchev–Trinajstić information content (AvgIpc) is 3.25. The van der Waals surface area contributed by atoms with E-state index in [-0.39, 0.29) is 0 Å². The summed E-state index contributed by atoms with van der Waals surface area (Å²) >= 11 is 0. The van der Waals surface area contributed by atoms with Crippen molar-refractivity contribution in [2.24, 2.45) is 0 Å². The minimum atomic E-state index is 0.627. The lowest BCUT2D eigenvalue weighted by Crippen LogP contribution is -2.03. The second-order valence-corrected chi connectivity index (χ2v) is 7.34. The number of nitrogens with one attached hydrogen (secondary N) is 1. The van der Waals surface area contributed by atoms with Crippen molar-refractivity contribution in [3.8, 4) is 22.6 Å². The van der Waals surface area contributed by atoms with Crippen LogP contribution in [0, 0.1) is 0 Å². The van der Waals surface area contributed by atoms with Crippen LogP contribution in [-0.2, 0) is 6.54 Å². The van der Waals surface area contributed by atoms with E-state index < -0.39 is 0 Å². The van der Waals surface area contributed by atoms with E-state index in [0.717, 1.165) is 45.0 Å². The lowest BCUT2D eigenvalue weighted by Gasteiger charge is -2.09. The molecule has 0 spiro atoms. The molecule has 2 aromatic carbocycles. The van der Waals surface area contributed by atoms with Gasteiger partial charge in [-0.3, -0.25) is 4.98 Å². The first-order valence-corrected chi connectivity index (χ1v) is 10.6. The summed E-state index contributed by atoms with van der Waals surface area (Å²) in [5.74, 6) is 1.65. The Hall–Kier alpha value is -4.19. The van der Waals surface area contributed by atoms with Crippen LogP contribution in [0.25, 0.3) is 27.8 Å². The summed E-state index contributed by atoms with van der Waals surface area (Å²) in [5, 5.41) is 4.46. The highest BCUT2D eigenvalue weighted by atomic mass is 16.5. The number of hydrogen-bond donors (Lipinski definition) is 1. The highest BCUT2D eigenvalue weighted by molar-refractivity contribution is 6.02. The minimum Gasteiger partial charge on any atom is -0.494 e. The topological polar surface area (TPSA) is 64.9 Å².